The molecule has 2 aliphatic heterocycles. The third kappa shape index (κ3) is 3.87. The Balaban J connectivity index is 1.40. The lowest BCUT2D eigenvalue weighted by molar-refractivity contribution is -0.141. The second kappa shape index (κ2) is 7.77. The van der Waals surface area contributed by atoms with Crippen molar-refractivity contribution in [1.29, 1.82) is 0 Å². The van der Waals surface area contributed by atoms with E-state index in [0.717, 1.165) is 17.3 Å². The van der Waals surface area contributed by atoms with Gasteiger partial charge in [-0.25, -0.2) is 13.2 Å². The quantitative estimate of drug-likeness (QED) is 0.610. The minimum absolute atomic E-state index is 0.0159. The van der Waals surface area contributed by atoms with Gasteiger partial charge < -0.3 is 15.2 Å². The summed E-state index contributed by atoms with van der Waals surface area (Å²) < 4.78 is 52.7. The van der Waals surface area contributed by atoms with Gasteiger partial charge in [0.15, 0.2) is 11.6 Å². The van der Waals surface area contributed by atoms with Crippen molar-refractivity contribution >= 4 is 5.97 Å². The van der Waals surface area contributed by atoms with E-state index in [1.54, 1.807) is 4.68 Å². The summed E-state index contributed by atoms with van der Waals surface area (Å²) in [5, 5.41) is 4.41. The summed E-state index contributed by atoms with van der Waals surface area (Å²) in [7, 11) is 1.33. The molecule has 2 aliphatic rings. The lowest BCUT2D eigenvalue weighted by atomic mass is 9.93. The molecule has 2 unspecified atom stereocenters. The van der Waals surface area contributed by atoms with Crippen LogP contribution in [0.5, 0.6) is 0 Å². The highest BCUT2D eigenvalue weighted by molar-refractivity contribution is 5.68. The molecule has 4 rings (SSSR count). The van der Waals surface area contributed by atoms with E-state index in [1.165, 1.54) is 7.11 Å². The smallest absolute Gasteiger partial charge is 0.327 e. The number of carbonyl (C=O) groups is 1. The van der Waals surface area contributed by atoms with Crippen LogP contribution in [0.3, 0.4) is 0 Å². The van der Waals surface area contributed by atoms with Gasteiger partial charge in [0.25, 0.3) is 0 Å². The summed E-state index contributed by atoms with van der Waals surface area (Å²) in [6.45, 7) is 1.54. The van der Waals surface area contributed by atoms with E-state index in [9.17, 15) is 18.0 Å². The Kier molecular flexibility index (Phi) is 5.32. The van der Waals surface area contributed by atoms with Crippen molar-refractivity contribution < 1.29 is 27.4 Å². The minimum atomic E-state index is -1.24. The predicted octanol–water partition coefficient (Wildman–Crippen LogP) is 1.65. The van der Waals surface area contributed by atoms with Crippen molar-refractivity contribution in [3.63, 3.8) is 0 Å². The summed E-state index contributed by atoms with van der Waals surface area (Å²) in [6, 6.07) is 0.739. The molecule has 3 heterocycles. The monoisotopic (exact) mass is 410 g/mol. The first-order valence-corrected chi connectivity index (χ1v) is 9.23. The average molecular weight is 410 g/mol. The van der Waals surface area contributed by atoms with Crippen LogP contribution in [0.4, 0.5) is 13.2 Å². The molecular weight excluding hydrogens is 389 g/mol. The van der Waals surface area contributed by atoms with Crippen molar-refractivity contribution in [2.45, 2.75) is 44.2 Å². The lowest BCUT2D eigenvalue weighted by Gasteiger charge is -2.38. The fourth-order valence-corrected chi connectivity index (χ4v) is 3.95. The Bertz CT molecular complexity index is 912. The molecule has 2 aromatic rings. The van der Waals surface area contributed by atoms with Crippen molar-refractivity contribution in [1.82, 2.24) is 14.7 Å². The third-order valence-electron chi connectivity index (χ3n) is 5.43. The van der Waals surface area contributed by atoms with Crippen LogP contribution in [-0.2, 0) is 33.9 Å². The molecule has 7 nitrogen and oxygen atoms in total. The van der Waals surface area contributed by atoms with Crippen LogP contribution < -0.4 is 5.73 Å². The van der Waals surface area contributed by atoms with Crippen molar-refractivity contribution in [2.24, 2.45) is 5.73 Å². The largest absolute Gasteiger partial charge is 0.468 e. The molecule has 156 valence electrons. The van der Waals surface area contributed by atoms with E-state index < -0.39 is 29.6 Å². The molecule has 0 saturated carbocycles. The maximum atomic E-state index is 14.1. The topological polar surface area (TPSA) is 82.6 Å². The van der Waals surface area contributed by atoms with Gasteiger partial charge in [-0.2, -0.15) is 5.10 Å². The van der Waals surface area contributed by atoms with E-state index in [2.05, 4.69) is 14.7 Å². The number of benzene rings is 1. The second-order valence-corrected chi connectivity index (χ2v) is 7.37. The predicted molar refractivity (Wildman–Crippen MR) is 94.9 cm³/mol. The van der Waals surface area contributed by atoms with Crippen molar-refractivity contribution in [3.05, 3.63) is 52.6 Å². The number of hydrogen-bond donors (Lipinski definition) is 1. The molecule has 29 heavy (non-hydrogen) atoms. The molecule has 1 aromatic carbocycles. The molecule has 1 aromatic heterocycles. The fraction of sp³-hybridized carbons (Fsp3) is 0.474. The third-order valence-corrected chi connectivity index (χ3v) is 5.43. The number of carbonyl (C=O) groups excluding carboxylic acids is 1. The zero-order valence-electron chi connectivity index (χ0n) is 15.8. The minimum Gasteiger partial charge on any atom is -0.468 e. The molecule has 1 saturated heterocycles. The van der Waals surface area contributed by atoms with Crippen LogP contribution in [0.2, 0.25) is 0 Å². The van der Waals surface area contributed by atoms with Crippen LogP contribution in [0.1, 0.15) is 29.3 Å². The maximum absolute atomic E-state index is 14.1. The number of esters is 1. The molecule has 0 radical (unpaired) electrons. The van der Waals surface area contributed by atoms with Gasteiger partial charge in [0.1, 0.15) is 18.5 Å². The number of nitrogens with two attached hydrogens (primary N) is 1. The molecule has 0 aliphatic carbocycles. The zero-order chi connectivity index (χ0) is 20.7. The Morgan fingerprint density at radius 1 is 1.28 bits per heavy atom. The van der Waals surface area contributed by atoms with Gasteiger partial charge in [0.05, 0.1) is 19.4 Å². The first-order valence-electron chi connectivity index (χ1n) is 9.23. The molecule has 0 spiro atoms. The Morgan fingerprint density at radius 3 is 2.72 bits per heavy atom. The summed E-state index contributed by atoms with van der Waals surface area (Å²) >= 11 is 0. The molecular formula is C19H21F3N4O3. The highest BCUT2D eigenvalue weighted by Gasteiger charge is 2.37. The number of fused-ring (bicyclic) bond motifs is 1. The average Bonchev–Trinajstić information content (AvgIpc) is 3.23. The highest BCUT2D eigenvalue weighted by atomic mass is 19.2. The Labute approximate surface area is 165 Å². The van der Waals surface area contributed by atoms with Gasteiger partial charge in [0.2, 0.25) is 0 Å². The number of methoxy groups -OCH3 is 1. The molecule has 3 atom stereocenters. The van der Waals surface area contributed by atoms with E-state index in [-0.39, 0.29) is 30.7 Å². The standard InChI is InChI=1S/C19H21F3N4O3/c1-28-18(27)8-26-6-10-5-25(7-17(10)24-26)11-2-16(23)19(29-9-11)12-3-14(21)15(22)4-13(12)20/h3-4,6,11,16,19H,2,5,7-9,23H2,1H3/t11?,16?,19-/m1/s1. The summed E-state index contributed by atoms with van der Waals surface area (Å²) in [5.41, 5.74) is 8.01. The van der Waals surface area contributed by atoms with Crippen LogP contribution in [0.25, 0.3) is 0 Å². The van der Waals surface area contributed by atoms with Gasteiger partial charge in [-0.3, -0.25) is 14.4 Å². The summed E-state index contributed by atoms with van der Waals surface area (Å²) in [6.07, 6.45) is 1.49. The van der Waals surface area contributed by atoms with E-state index >= 15 is 0 Å². The Hall–Kier alpha value is -2.43. The highest BCUT2D eigenvalue weighted by Crippen LogP contribution is 2.34. The molecule has 2 N–H and O–H groups in total. The number of nitrogens with zero attached hydrogens (tertiary/aromatic N) is 3. The number of aromatic nitrogens is 2. The van der Waals surface area contributed by atoms with Gasteiger partial charge in [-0.15, -0.1) is 0 Å². The summed E-state index contributed by atoms with van der Waals surface area (Å²) in [4.78, 5) is 13.5. The lowest BCUT2D eigenvalue weighted by Crippen LogP contribution is -2.47. The van der Waals surface area contributed by atoms with E-state index in [0.29, 0.717) is 25.6 Å². The van der Waals surface area contributed by atoms with Gasteiger partial charge in [-0.05, 0) is 12.5 Å². The maximum Gasteiger partial charge on any atom is 0.327 e. The molecule has 1 fully saturated rings. The molecule has 0 amide bonds. The molecule has 10 heteroatoms. The Morgan fingerprint density at radius 2 is 2.03 bits per heavy atom. The normalized spacial score (nSPS) is 24.5. The van der Waals surface area contributed by atoms with E-state index in [4.69, 9.17) is 10.5 Å². The van der Waals surface area contributed by atoms with E-state index in [1.807, 2.05) is 6.20 Å². The fourth-order valence-electron chi connectivity index (χ4n) is 3.95. The number of hydrogen-bond acceptors (Lipinski definition) is 6. The summed E-state index contributed by atoms with van der Waals surface area (Å²) in [5.74, 6) is -3.62. The van der Waals surface area contributed by atoms with Gasteiger partial charge in [0, 0.05) is 48.6 Å². The first-order chi connectivity index (χ1) is 13.9. The van der Waals surface area contributed by atoms with Crippen molar-refractivity contribution in [2.75, 3.05) is 13.7 Å². The number of ether oxygens (including phenoxy) is 2. The van der Waals surface area contributed by atoms with Gasteiger partial charge in [-0.1, -0.05) is 0 Å². The van der Waals surface area contributed by atoms with Crippen LogP contribution in [0, 0.1) is 17.5 Å². The second-order valence-electron chi connectivity index (χ2n) is 7.37. The number of halogens is 3. The SMILES string of the molecule is COC(=O)Cn1cc2c(n1)CN(C1CO[C@H](c3cc(F)c(F)cc3F)C(N)C1)C2. The first kappa shape index (κ1) is 19.9. The molecule has 0 bridgehead atoms. The van der Waals surface area contributed by atoms with Crippen LogP contribution >= 0.6 is 0 Å². The zero-order valence-corrected chi connectivity index (χ0v) is 15.8. The van der Waals surface area contributed by atoms with Crippen molar-refractivity contribution in [3.8, 4) is 0 Å². The number of rotatable bonds is 4. The van der Waals surface area contributed by atoms with Crippen LogP contribution in [0.15, 0.2) is 18.3 Å². The van der Waals surface area contributed by atoms with Gasteiger partial charge >= 0.3 is 5.97 Å². The van der Waals surface area contributed by atoms with Crippen LogP contribution in [-0.4, -0.2) is 46.5 Å².